The van der Waals surface area contributed by atoms with Crippen LogP contribution in [0, 0.1) is 0 Å². The van der Waals surface area contributed by atoms with Gasteiger partial charge in [0.05, 0.1) is 13.2 Å². The fourth-order valence-electron chi connectivity index (χ4n) is 3.34. The number of benzene rings is 2. The van der Waals surface area contributed by atoms with E-state index in [1.807, 2.05) is 6.92 Å². The molecule has 4 aliphatic carbocycles. The summed E-state index contributed by atoms with van der Waals surface area (Å²) in [4.78, 5) is 0. The van der Waals surface area contributed by atoms with E-state index in [0.29, 0.717) is 6.42 Å². The summed E-state index contributed by atoms with van der Waals surface area (Å²) in [5, 5.41) is 10.5. The van der Waals surface area contributed by atoms with Crippen molar-refractivity contribution in [1.82, 2.24) is 0 Å². The summed E-state index contributed by atoms with van der Waals surface area (Å²) in [6.07, 6.45) is 4.12. The van der Waals surface area contributed by atoms with E-state index >= 15 is 0 Å². The Labute approximate surface area is 132 Å². The molecule has 6 rings (SSSR count). The van der Waals surface area contributed by atoms with Crippen LogP contribution in [-0.2, 0) is 25.7 Å². The summed E-state index contributed by atoms with van der Waals surface area (Å²) in [7, 11) is 1.72. The molecule has 0 unspecified atom stereocenters. The summed E-state index contributed by atoms with van der Waals surface area (Å²) >= 11 is 0. The maximum atomic E-state index is 10.5. The first-order valence-electron chi connectivity index (χ1n) is 8.17. The number of methoxy groups -OCH3 is 1. The minimum Gasteiger partial charge on any atom is -0.496 e. The molecule has 4 aliphatic rings. The summed E-state index contributed by atoms with van der Waals surface area (Å²) in [5.41, 5.74) is 6.10. The first-order chi connectivity index (χ1) is 10.7. The van der Waals surface area contributed by atoms with Crippen LogP contribution in [-0.4, -0.2) is 12.2 Å². The molecule has 2 aromatic carbocycles. The molecule has 2 heteroatoms. The molecular formula is C20H24O2. The van der Waals surface area contributed by atoms with Gasteiger partial charge in [0, 0.05) is 5.56 Å². The maximum Gasteiger partial charge on any atom is 0.128 e. The van der Waals surface area contributed by atoms with Crippen LogP contribution in [0.2, 0.25) is 0 Å². The van der Waals surface area contributed by atoms with Crippen LogP contribution >= 0.6 is 0 Å². The van der Waals surface area contributed by atoms with Crippen molar-refractivity contribution in [2.75, 3.05) is 7.11 Å². The Bertz CT molecular complexity index is 644. The molecule has 0 spiro atoms. The first kappa shape index (κ1) is 15.1. The molecule has 0 saturated heterocycles. The Morgan fingerprint density at radius 1 is 0.909 bits per heavy atom. The molecular weight excluding hydrogens is 272 g/mol. The van der Waals surface area contributed by atoms with Crippen LogP contribution in [0.3, 0.4) is 0 Å². The van der Waals surface area contributed by atoms with Crippen molar-refractivity contribution < 1.29 is 9.84 Å². The smallest absolute Gasteiger partial charge is 0.128 e. The van der Waals surface area contributed by atoms with Crippen molar-refractivity contribution in [3.63, 3.8) is 0 Å². The lowest BCUT2D eigenvalue weighted by atomic mass is 9.89. The second kappa shape index (κ2) is 6.53. The number of rotatable bonds is 3. The highest BCUT2D eigenvalue weighted by Crippen LogP contribution is 2.35. The van der Waals surface area contributed by atoms with Gasteiger partial charge in [0.2, 0.25) is 0 Å². The molecule has 1 atom stereocenters. The van der Waals surface area contributed by atoms with Gasteiger partial charge >= 0.3 is 0 Å². The molecule has 0 heterocycles. The minimum absolute atomic E-state index is 0.450. The minimum atomic E-state index is -0.450. The van der Waals surface area contributed by atoms with Gasteiger partial charge in [-0.25, -0.2) is 0 Å². The van der Waals surface area contributed by atoms with E-state index in [4.69, 9.17) is 4.74 Å². The average Bonchev–Trinajstić information content (AvgIpc) is 2.55. The SMILES string of the molecule is CC[C@H](O)c1c2ccc(c1OC)CCc1ccc(cc1)CC2. The summed E-state index contributed by atoms with van der Waals surface area (Å²) < 4.78 is 5.70. The van der Waals surface area contributed by atoms with E-state index in [0.717, 1.165) is 37.0 Å². The number of hydrogen-bond donors (Lipinski definition) is 1. The third-order valence-electron chi connectivity index (χ3n) is 4.68. The zero-order valence-electron chi connectivity index (χ0n) is 13.4. The molecule has 1 N–H and O–H groups in total. The Morgan fingerprint density at radius 3 is 2.00 bits per heavy atom. The average molecular weight is 296 g/mol. The molecule has 4 bridgehead atoms. The van der Waals surface area contributed by atoms with Gasteiger partial charge in [0.15, 0.2) is 0 Å². The normalized spacial score (nSPS) is 15.2. The predicted octanol–water partition coefficient (Wildman–Crippen LogP) is 4.02. The lowest BCUT2D eigenvalue weighted by molar-refractivity contribution is 0.168. The molecule has 0 fully saturated rings. The molecule has 0 radical (unpaired) electrons. The van der Waals surface area contributed by atoms with Gasteiger partial charge < -0.3 is 9.84 Å². The van der Waals surface area contributed by atoms with E-state index in [9.17, 15) is 5.11 Å². The first-order valence-corrected chi connectivity index (χ1v) is 8.17. The Hall–Kier alpha value is -1.80. The van der Waals surface area contributed by atoms with Crippen LogP contribution in [0.5, 0.6) is 5.75 Å². The molecule has 0 saturated carbocycles. The van der Waals surface area contributed by atoms with Crippen molar-refractivity contribution in [3.8, 4) is 5.75 Å². The van der Waals surface area contributed by atoms with Crippen LogP contribution in [0.4, 0.5) is 0 Å². The third-order valence-corrected chi connectivity index (χ3v) is 4.68. The molecule has 0 amide bonds. The zero-order valence-corrected chi connectivity index (χ0v) is 13.4. The highest BCUT2D eigenvalue weighted by Gasteiger charge is 2.20. The number of aryl methyl sites for hydroxylation is 4. The molecule has 0 aromatic heterocycles. The fraction of sp³-hybridized carbons (Fsp3) is 0.400. The third kappa shape index (κ3) is 2.89. The van der Waals surface area contributed by atoms with Crippen LogP contribution in [0.1, 0.15) is 47.3 Å². The van der Waals surface area contributed by atoms with Gasteiger partial charge in [-0.1, -0.05) is 43.3 Å². The molecule has 2 aromatic rings. The summed E-state index contributed by atoms with van der Waals surface area (Å²) in [5.74, 6) is 0.891. The predicted molar refractivity (Wildman–Crippen MR) is 89.5 cm³/mol. The van der Waals surface area contributed by atoms with Gasteiger partial charge in [-0.3, -0.25) is 0 Å². The van der Waals surface area contributed by atoms with Gasteiger partial charge in [0.1, 0.15) is 5.75 Å². The van der Waals surface area contributed by atoms with Gasteiger partial charge in [0.25, 0.3) is 0 Å². The number of aliphatic hydroxyl groups excluding tert-OH is 1. The van der Waals surface area contributed by atoms with Crippen LogP contribution in [0.25, 0.3) is 0 Å². The number of ether oxygens (including phenoxy) is 1. The molecule has 2 nitrogen and oxygen atoms in total. The molecule has 0 aliphatic heterocycles. The number of hydrogen-bond acceptors (Lipinski definition) is 2. The van der Waals surface area contributed by atoms with E-state index in [1.54, 1.807) is 7.11 Å². The second-order valence-electron chi connectivity index (χ2n) is 6.07. The molecule has 116 valence electrons. The van der Waals surface area contributed by atoms with Crippen molar-refractivity contribution >= 4 is 0 Å². The lowest BCUT2D eigenvalue weighted by Gasteiger charge is -2.22. The standard InChI is InChI=1S/C20H24O2/c1-3-18(21)19-16-10-8-14-4-6-15(7-5-14)9-11-17(13-12-16)20(19)22-2/h4-7,12-13,18,21H,3,8-11H2,1-2H3/t18-/m0/s1. The summed E-state index contributed by atoms with van der Waals surface area (Å²) in [6, 6.07) is 13.3. The van der Waals surface area contributed by atoms with Crippen molar-refractivity contribution in [3.05, 3.63) is 64.2 Å². The number of aliphatic hydroxyl groups is 1. The summed E-state index contributed by atoms with van der Waals surface area (Å²) in [6.45, 7) is 2.02. The van der Waals surface area contributed by atoms with Gasteiger partial charge in [-0.15, -0.1) is 0 Å². The van der Waals surface area contributed by atoms with Crippen molar-refractivity contribution in [1.29, 1.82) is 0 Å². The van der Waals surface area contributed by atoms with Crippen molar-refractivity contribution in [2.45, 2.75) is 45.1 Å². The van der Waals surface area contributed by atoms with E-state index < -0.39 is 6.10 Å². The van der Waals surface area contributed by atoms with Crippen LogP contribution < -0.4 is 4.74 Å². The second-order valence-corrected chi connectivity index (χ2v) is 6.07. The topological polar surface area (TPSA) is 29.5 Å². The monoisotopic (exact) mass is 296 g/mol. The quantitative estimate of drug-likeness (QED) is 0.927. The fourth-order valence-corrected chi connectivity index (χ4v) is 3.34. The van der Waals surface area contributed by atoms with Crippen molar-refractivity contribution in [2.24, 2.45) is 0 Å². The largest absolute Gasteiger partial charge is 0.496 e. The maximum absolute atomic E-state index is 10.5. The zero-order chi connectivity index (χ0) is 15.5. The Morgan fingerprint density at radius 2 is 1.45 bits per heavy atom. The lowest BCUT2D eigenvalue weighted by Crippen LogP contribution is -2.09. The van der Waals surface area contributed by atoms with E-state index in [2.05, 4.69) is 36.4 Å². The van der Waals surface area contributed by atoms with E-state index in [-0.39, 0.29) is 0 Å². The highest BCUT2D eigenvalue weighted by atomic mass is 16.5. The van der Waals surface area contributed by atoms with Gasteiger partial charge in [-0.05, 0) is 54.4 Å². The Balaban J connectivity index is 2.10. The van der Waals surface area contributed by atoms with Crippen LogP contribution in [0.15, 0.2) is 36.4 Å². The molecule has 22 heavy (non-hydrogen) atoms. The van der Waals surface area contributed by atoms with Gasteiger partial charge in [-0.2, -0.15) is 0 Å². The van der Waals surface area contributed by atoms with E-state index in [1.165, 1.54) is 22.3 Å². The highest BCUT2D eigenvalue weighted by molar-refractivity contribution is 5.49. The Kier molecular flexibility index (Phi) is 4.49.